The van der Waals surface area contributed by atoms with Gasteiger partial charge >= 0.3 is 0 Å². The molecule has 0 aliphatic heterocycles. The highest BCUT2D eigenvalue weighted by Gasteiger charge is 2.16. The van der Waals surface area contributed by atoms with E-state index in [9.17, 15) is 10.2 Å². The molecule has 3 N–H and O–H groups in total. The first-order chi connectivity index (χ1) is 21.8. The minimum Gasteiger partial charge on any atom is -0.507 e. The molecule has 0 saturated heterocycles. The van der Waals surface area contributed by atoms with E-state index in [2.05, 4.69) is 57.8 Å². The molecule has 6 nitrogen and oxygen atoms in total. The topological polar surface area (TPSA) is 87.9 Å². The molecule has 46 heavy (non-hydrogen) atoms. The van der Waals surface area contributed by atoms with E-state index in [4.69, 9.17) is 13.9 Å². The van der Waals surface area contributed by atoms with Gasteiger partial charge in [-0.15, -0.1) is 0 Å². The van der Waals surface area contributed by atoms with Crippen LogP contribution in [0.4, 0.5) is 0 Å². The third-order valence-electron chi connectivity index (χ3n) is 8.73. The Morgan fingerprint density at radius 2 is 1.04 bits per heavy atom. The van der Waals surface area contributed by atoms with Crippen LogP contribution in [0.1, 0.15) is 69.8 Å². The van der Waals surface area contributed by atoms with Crippen LogP contribution in [-0.4, -0.2) is 15.2 Å². The molecule has 0 bridgehead atoms. The van der Waals surface area contributed by atoms with E-state index in [1.54, 1.807) is 0 Å². The van der Waals surface area contributed by atoms with Crippen LogP contribution < -0.4 is 9.47 Å². The van der Waals surface area contributed by atoms with Crippen LogP contribution in [0, 0.1) is 55.4 Å². The van der Waals surface area contributed by atoms with E-state index in [0.29, 0.717) is 11.5 Å². The van der Waals surface area contributed by atoms with E-state index in [0.717, 1.165) is 103 Å². The number of phenols is 2. The SMILES string of the molecule is CCc1cc2c(C)c(Oc3cc(C)c(O)c(C)c3)c(C)cc2[nH]1.CCc1cc2c(C)c(Oc3cc(C)c(O)c(C)c3)c(C)cc2o1. The summed E-state index contributed by atoms with van der Waals surface area (Å²) in [5, 5.41) is 22.1. The van der Waals surface area contributed by atoms with Crippen LogP contribution in [0.3, 0.4) is 0 Å². The average Bonchev–Trinajstić information content (AvgIpc) is 3.63. The fraction of sp³-hybridized carbons (Fsp3) is 0.300. The first-order valence-corrected chi connectivity index (χ1v) is 15.9. The summed E-state index contributed by atoms with van der Waals surface area (Å²) in [6.45, 7) is 20.0. The Hall–Kier alpha value is -4.84. The van der Waals surface area contributed by atoms with E-state index in [1.165, 1.54) is 11.1 Å². The minimum atomic E-state index is 0.323. The zero-order valence-corrected chi connectivity index (χ0v) is 28.7. The van der Waals surface area contributed by atoms with Crippen molar-refractivity contribution in [2.75, 3.05) is 0 Å². The number of rotatable bonds is 6. The van der Waals surface area contributed by atoms with E-state index in [1.807, 2.05) is 65.0 Å². The molecule has 6 rings (SSSR count). The Morgan fingerprint density at radius 1 is 0.565 bits per heavy atom. The minimum absolute atomic E-state index is 0.323. The van der Waals surface area contributed by atoms with Crippen LogP contribution in [0.2, 0.25) is 0 Å². The Labute approximate surface area is 271 Å². The summed E-state index contributed by atoms with van der Waals surface area (Å²) in [6, 6.07) is 15.9. The monoisotopic (exact) mass is 619 g/mol. The largest absolute Gasteiger partial charge is 0.507 e. The van der Waals surface area contributed by atoms with Crippen molar-refractivity contribution in [3.8, 4) is 34.5 Å². The summed E-state index contributed by atoms with van der Waals surface area (Å²) in [5.74, 6) is 4.88. The van der Waals surface area contributed by atoms with Crippen molar-refractivity contribution >= 4 is 21.9 Å². The molecule has 4 aromatic carbocycles. The van der Waals surface area contributed by atoms with Crippen molar-refractivity contribution < 1.29 is 24.1 Å². The van der Waals surface area contributed by atoms with Gasteiger partial charge in [0.15, 0.2) is 0 Å². The number of fused-ring (bicyclic) bond motifs is 2. The predicted molar refractivity (Wildman–Crippen MR) is 188 cm³/mol. The van der Waals surface area contributed by atoms with Crippen LogP contribution in [0.25, 0.3) is 21.9 Å². The molecule has 0 aliphatic rings. The van der Waals surface area contributed by atoms with Crippen molar-refractivity contribution in [1.29, 1.82) is 0 Å². The van der Waals surface area contributed by atoms with Crippen LogP contribution in [0.15, 0.2) is 52.9 Å². The van der Waals surface area contributed by atoms with Crippen molar-refractivity contribution in [2.45, 2.75) is 82.1 Å². The molecule has 0 unspecified atom stereocenters. The highest BCUT2D eigenvalue weighted by Crippen LogP contribution is 2.39. The standard InChI is InChI=1S/C20H23NO2.C20H22O3/c1-6-15-10-17-14(5)20(13(4)9-18(17)21-15)23-16-7-11(2)19(22)12(3)8-16;1-6-15-10-17-14(5)20(13(4)9-18(17)22-15)23-16-7-11(2)19(21)12(3)8-16/h7-10,21-22H,6H2,1-5H3;7-10,21H,6H2,1-5H3. The van der Waals surface area contributed by atoms with Crippen molar-refractivity contribution in [1.82, 2.24) is 4.98 Å². The van der Waals surface area contributed by atoms with Gasteiger partial charge in [-0.1, -0.05) is 13.8 Å². The van der Waals surface area contributed by atoms with Gasteiger partial charge in [0, 0.05) is 39.5 Å². The van der Waals surface area contributed by atoms with E-state index >= 15 is 0 Å². The number of phenolic OH excluding ortho intramolecular Hbond substituents is 2. The van der Waals surface area contributed by atoms with E-state index < -0.39 is 0 Å². The molecule has 0 spiro atoms. The summed E-state index contributed by atoms with van der Waals surface area (Å²) in [5.41, 5.74) is 10.9. The van der Waals surface area contributed by atoms with Gasteiger partial charge in [-0.2, -0.15) is 0 Å². The fourth-order valence-corrected chi connectivity index (χ4v) is 6.06. The number of nitrogens with one attached hydrogen (secondary N) is 1. The summed E-state index contributed by atoms with van der Waals surface area (Å²) < 4.78 is 18.2. The summed E-state index contributed by atoms with van der Waals surface area (Å²) in [4.78, 5) is 3.46. The van der Waals surface area contributed by atoms with Crippen LogP contribution in [0.5, 0.6) is 34.5 Å². The number of hydrogen-bond donors (Lipinski definition) is 3. The van der Waals surface area contributed by atoms with Crippen molar-refractivity contribution in [3.63, 3.8) is 0 Å². The molecular formula is C40H45NO5. The smallest absolute Gasteiger partial charge is 0.135 e. The molecule has 0 amide bonds. The highest BCUT2D eigenvalue weighted by molar-refractivity contribution is 5.87. The van der Waals surface area contributed by atoms with Gasteiger partial charge in [0.1, 0.15) is 45.8 Å². The Morgan fingerprint density at radius 3 is 1.52 bits per heavy atom. The lowest BCUT2D eigenvalue weighted by molar-refractivity contribution is 0.454. The molecule has 0 atom stereocenters. The van der Waals surface area contributed by atoms with Crippen LogP contribution >= 0.6 is 0 Å². The molecule has 0 fully saturated rings. The average molecular weight is 620 g/mol. The van der Waals surface area contributed by atoms with Gasteiger partial charge in [-0.25, -0.2) is 0 Å². The fourth-order valence-electron chi connectivity index (χ4n) is 6.06. The number of H-pyrrole nitrogens is 1. The number of aromatic hydroxyl groups is 2. The molecule has 0 radical (unpaired) electrons. The molecule has 6 heteroatoms. The predicted octanol–water partition coefficient (Wildman–Crippen LogP) is 11.2. The number of ether oxygens (including phenoxy) is 2. The first-order valence-electron chi connectivity index (χ1n) is 15.9. The Balaban J connectivity index is 0.000000181. The number of furan rings is 1. The molecule has 0 saturated carbocycles. The van der Waals surface area contributed by atoms with Gasteiger partial charge in [-0.3, -0.25) is 0 Å². The maximum absolute atomic E-state index is 9.92. The second kappa shape index (κ2) is 12.9. The summed E-state index contributed by atoms with van der Waals surface area (Å²) in [6.07, 6.45) is 1.86. The Kier molecular flexibility index (Phi) is 9.11. The maximum Gasteiger partial charge on any atom is 0.135 e. The number of aromatic amines is 1. The quantitative estimate of drug-likeness (QED) is 0.173. The lowest BCUT2D eigenvalue weighted by Crippen LogP contribution is -1.93. The summed E-state index contributed by atoms with van der Waals surface area (Å²) in [7, 11) is 0. The van der Waals surface area contributed by atoms with Crippen molar-refractivity contribution in [2.24, 2.45) is 0 Å². The number of aromatic nitrogens is 1. The number of benzene rings is 4. The van der Waals surface area contributed by atoms with E-state index in [-0.39, 0.29) is 0 Å². The second-order valence-corrected chi connectivity index (χ2v) is 12.4. The normalized spacial score (nSPS) is 11.2. The first kappa shape index (κ1) is 32.6. The molecule has 240 valence electrons. The number of aryl methyl sites for hydroxylation is 10. The molecule has 2 heterocycles. The Bertz CT molecular complexity index is 1880. The molecule has 6 aromatic rings. The lowest BCUT2D eigenvalue weighted by Gasteiger charge is -2.14. The lowest BCUT2D eigenvalue weighted by atomic mass is 10.1. The van der Waals surface area contributed by atoms with Crippen LogP contribution in [-0.2, 0) is 12.8 Å². The third kappa shape index (κ3) is 6.30. The zero-order chi connectivity index (χ0) is 33.4. The molecule has 0 aliphatic carbocycles. The van der Waals surface area contributed by atoms with Gasteiger partial charge in [0.25, 0.3) is 0 Å². The van der Waals surface area contributed by atoms with Gasteiger partial charge in [-0.05, 0) is 144 Å². The maximum atomic E-state index is 9.92. The number of hydrogen-bond acceptors (Lipinski definition) is 5. The second-order valence-electron chi connectivity index (χ2n) is 12.4. The molecular weight excluding hydrogens is 574 g/mol. The highest BCUT2D eigenvalue weighted by atomic mass is 16.5. The molecule has 2 aromatic heterocycles. The van der Waals surface area contributed by atoms with Gasteiger partial charge in [0.05, 0.1) is 0 Å². The van der Waals surface area contributed by atoms with Gasteiger partial charge < -0.3 is 29.1 Å². The zero-order valence-electron chi connectivity index (χ0n) is 28.7. The van der Waals surface area contributed by atoms with Crippen molar-refractivity contribution in [3.05, 3.63) is 104 Å². The third-order valence-corrected chi connectivity index (χ3v) is 8.73. The summed E-state index contributed by atoms with van der Waals surface area (Å²) >= 11 is 0. The van der Waals surface area contributed by atoms with Gasteiger partial charge in [0.2, 0.25) is 0 Å².